The van der Waals surface area contributed by atoms with Crippen molar-refractivity contribution < 1.29 is 4.57 Å². The summed E-state index contributed by atoms with van der Waals surface area (Å²) < 4.78 is 10.5. The van der Waals surface area contributed by atoms with Crippen molar-refractivity contribution in [2.24, 2.45) is 0 Å². The van der Waals surface area contributed by atoms with Crippen LogP contribution < -0.4 is 0 Å². The van der Waals surface area contributed by atoms with Gasteiger partial charge < -0.3 is 0 Å². The zero-order chi connectivity index (χ0) is 9.90. The first-order chi connectivity index (χ1) is 6.05. The first kappa shape index (κ1) is 10.3. The summed E-state index contributed by atoms with van der Waals surface area (Å²) in [5, 5.41) is 0. The topological polar surface area (TPSA) is 30.0 Å². The second-order valence-electron chi connectivity index (χ2n) is 3.92. The molecule has 1 aromatic rings. The normalized spacial score (nSPS) is 11.0. The Hall–Kier alpha value is -0.750. The molecule has 0 spiro atoms. The van der Waals surface area contributed by atoms with E-state index in [0.717, 1.165) is 11.3 Å². The van der Waals surface area contributed by atoms with Crippen LogP contribution in [0.3, 0.4) is 0 Å². The molecular weight excluding hydrogens is 181 g/mol. The van der Waals surface area contributed by atoms with Crippen LogP contribution in [0, 0.1) is 0 Å². The van der Waals surface area contributed by atoms with Crippen LogP contribution in [-0.4, -0.2) is 10.8 Å². The van der Waals surface area contributed by atoms with Crippen LogP contribution >= 0.6 is 8.08 Å². The number of hydrogen-bond acceptors (Lipinski definition) is 2. The van der Waals surface area contributed by atoms with E-state index in [1.807, 2.05) is 12.1 Å². The Labute approximate surface area is 79.9 Å². The molecule has 0 N–H and O–H groups in total. The average Bonchev–Trinajstić information content (AvgIpc) is 2.04. The van der Waals surface area contributed by atoms with Crippen LogP contribution in [-0.2, 0) is 9.98 Å². The van der Waals surface area contributed by atoms with Crippen molar-refractivity contribution in [3.8, 4) is 0 Å². The molecule has 0 aromatic carbocycles. The Morgan fingerprint density at radius 1 is 1.46 bits per heavy atom. The molecule has 0 aliphatic heterocycles. The zero-order valence-electron chi connectivity index (χ0n) is 8.11. The molecule has 0 saturated carbocycles. The van der Waals surface area contributed by atoms with Gasteiger partial charge in [-0.2, -0.15) is 0 Å². The molecule has 0 aliphatic carbocycles. The van der Waals surface area contributed by atoms with Crippen molar-refractivity contribution >= 4 is 13.9 Å². The SMILES string of the molecule is CC(C)(C)c1cccnc1C=[P]=O. The Balaban J connectivity index is 3.27. The van der Waals surface area contributed by atoms with E-state index in [2.05, 4.69) is 25.8 Å². The molecule has 0 atom stereocenters. The molecule has 2 nitrogen and oxygen atoms in total. The Bertz CT molecular complexity index is 348. The summed E-state index contributed by atoms with van der Waals surface area (Å²) in [7, 11) is 0.0103. The Kier molecular flexibility index (Phi) is 3.16. The number of pyridine rings is 1. The van der Waals surface area contributed by atoms with Gasteiger partial charge in [0.2, 0.25) is 0 Å². The molecule has 1 aromatic heterocycles. The molecule has 3 heteroatoms. The van der Waals surface area contributed by atoms with Gasteiger partial charge >= 0.3 is 79.2 Å². The number of aromatic nitrogens is 1. The molecule has 0 aliphatic rings. The predicted octanol–water partition coefficient (Wildman–Crippen LogP) is 2.82. The fourth-order valence-corrected chi connectivity index (χ4v) is 1.51. The van der Waals surface area contributed by atoms with Crippen LogP contribution in [0.15, 0.2) is 18.3 Å². The maximum atomic E-state index is 10.5. The average molecular weight is 194 g/mol. The van der Waals surface area contributed by atoms with E-state index in [9.17, 15) is 4.57 Å². The van der Waals surface area contributed by atoms with E-state index in [-0.39, 0.29) is 13.5 Å². The van der Waals surface area contributed by atoms with E-state index in [1.165, 1.54) is 0 Å². The second kappa shape index (κ2) is 3.97. The number of hydrogen-bond donors (Lipinski definition) is 0. The molecule has 0 unspecified atom stereocenters. The summed E-state index contributed by atoms with van der Waals surface area (Å²) in [6, 6.07) is 3.92. The van der Waals surface area contributed by atoms with Crippen molar-refractivity contribution in [2.45, 2.75) is 26.2 Å². The Morgan fingerprint density at radius 2 is 2.15 bits per heavy atom. The van der Waals surface area contributed by atoms with Gasteiger partial charge in [-0.3, -0.25) is 0 Å². The monoisotopic (exact) mass is 194 g/mol. The molecular formula is C10H13NOP. The van der Waals surface area contributed by atoms with Crippen molar-refractivity contribution in [2.75, 3.05) is 0 Å². The quantitative estimate of drug-likeness (QED) is 0.643. The van der Waals surface area contributed by atoms with E-state index in [0.29, 0.717) is 0 Å². The van der Waals surface area contributed by atoms with Gasteiger partial charge in [0.05, 0.1) is 0 Å². The summed E-state index contributed by atoms with van der Waals surface area (Å²) in [4.78, 5) is 4.17. The van der Waals surface area contributed by atoms with Crippen LogP contribution in [0.1, 0.15) is 32.0 Å². The molecule has 1 heterocycles. The van der Waals surface area contributed by atoms with E-state index in [1.54, 1.807) is 12.0 Å². The molecule has 69 valence electrons. The van der Waals surface area contributed by atoms with Crippen LogP contribution in [0.4, 0.5) is 0 Å². The van der Waals surface area contributed by atoms with Gasteiger partial charge in [-0.05, 0) is 0 Å². The molecule has 1 rings (SSSR count). The van der Waals surface area contributed by atoms with Crippen molar-refractivity contribution in [3.05, 3.63) is 29.6 Å². The summed E-state index contributed by atoms with van der Waals surface area (Å²) in [5.41, 5.74) is 1.98. The van der Waals surface area contributed by atoms with Gasteiger partial charge in [0.1, 0.15) is 0 Å². The first-order valence-corrected chi connectivity index (χ1v) is 5.05. The van der Waals surface area contributed by atoms with Crippen LogP contribution in [0.5, 0.6) is 0 Å². The second-order valence-corrected chi connectivity index (χ2v) is 4.39. The standard InChI is InChI=1S/C10H13NOP/c1-10(2,3)8-5-4-6-11-9(8)7-13-12/h4-7H,1-3H3. The van der Waals surface area contributed by atoms with Crippen molar-refractivity contribution in [1.29, 1.82) is 0 Å². The summed E-state index contributed by atoms with van der Waals surface area (Å²) in [6.45, 7) is 6.34. The fourth-order valence-electron chi connectivity index (χ4n) is 1.20. The minimum atomic E-state index is 0.0103. The predicted molar refractivity (Wildman–Crippen MR) is 55.7 cm³/mol. The summed E-state index contributed by atoms with van der Waals surface area (Å²) in [6.07, 6.45) is 1.71. The van der Waals surface area contributed by atoms with E-state index in [4.69, 9.17) is 0 Å². The van der Waals surface area contributed by atoms with Crippen LogP contribution in [0.25, 0.3) is 0 Å². The fraction of sp³-hybridized carbons (Fsp3) is 0.400. The Morgan fingerprint density at radius 3 is 2.69 bits per heavy atom. The molecule has 0 bridgehead atoms. The van der Waals surface area contributed by atoms with Gasteiger partial charge in [0.25, 0.3) is 0 Å². The summed E-state index contributed by atoms with van der Waals surface area (Å²) in [5.74, 6) is 1.60. The first-order valence-electron chi connectivity index (χ1n) is 4.17. The van der Waals surface area contributed by atoms with E-state index < -0.39 is 0 Å². The maximum absolute atomic E-state index is 10.5. The third-order valence-corrected chi connectivity index (χ3v) is 2.17. The number of nitrogens with zero attached hydrogens (tertiary/aromatic N) is 1. The van der Waals surface area contributed by atoms with Crippen molar-refractivity contribution in [3.63, 3.8) is 0 Å². The zero-order valence-corrected chi connectivity index (χ0v) is 9.01. The van der Waals surface area contributed by atoms with Gasteiger partial charge in [0, 0.05) is 0 Å². The van der Waals surface area contributed by atoms with Gasteiger partial charge in [-0.15, -0.1) is 0 Å². The van der Waals surface area contributed by atoms with E-state index >= 15 is 0 Å². The minimum absolute atomic E-state index is 0.0103. The van der Waals surface area contributed by atoms with Crippen LogP contribution in [0.2, 0.25) is 0 Å². The molecule has 1 radical (unpaired) electrons. The van der Waals surface area contributed by atoms with Gasteiger partial charge in [0.15, 0.2) is 0 Å². The summed E-state index contributed by atoms with van der Waals surface area (Å²) >= 11 is 0. The van der Waals surface area contributed by atoms with Crippen molar-refractivity contribution in [1.82, 2.24) is 4.98 Å². The van der Waals surface area contributed by atoms with Gasteiger partial charge in [-0.25, -0.2) is 0 Å². The molecule has 0 fully saturated rings. The molecule has 0 saturated heterocycles. The van der Waals surface area contributed by atoms with Gasteiger partial charge in [-0.1, -0.05) is 0 Å². The third-order valence-electron chi connectivity index (χ3n) is 1.82. The third kappa shape index (κ3) is 2.60. The number of rotatable bonds is 1. The molecule has 0 amide bonds. The molecule has 13 heavy (non-hydrogen) atoms.